The molecule has 0 fully saturated rings. The number of aliphatic carboxylic acids is 2. The monoisotopic (exact) mass is 249 g/mol. The number of hydrogen-bond acceptors (Lipinski definition) is 5. The van der Waals surface area contributed by atoms with Crippen molar-refractivity contribution in [3.8, 4) is 0 Å². The Hall–Kier alpha value is -1.87. The van der Waals surface area contributed by atoms with E-state index in [-0.39, 0.29) is 12.5 Å². The first-order valence-corrected chi connectivity index (χ1v) is 4.76. The van der Waals surface area contributed by atoms with Gasteiger partial charge < -0.3 is 33.1 Å². The minimum atomic E-state index is -1.04. The van der Waals surface area contributed by atoms with E-state index in [0.717, 1.165) is 0 Å². The van der Waals surface area contributed by atoms with Crippen LogP contribution in [-0.4, -0.2) is 47.2 Å². The molecule has 0 aromatic carbocycles. The molecule has 0 amide bonds. The first kappa shape index (κ1) is 17.5. The van der Waals surface area contributed by atoms with E-state index < -0.39 is 18.0 Å². The van der Waals surface area contributed by atoms with Gasteiger partial charge in [-0.25, -0.2) is 4.99 Å². The van der Waals surface area contributed by atoms with E-state index in [1.807, 2.05) is 0 Å². The second kappa shape index (κ2) is 10.6. The molecule has 0 rings (SSSR count). The Morgan fingerprint density at radius 3 is 2.00 bits per heavy atom. The predicted octanol–water partition coefficient (Wildman–Crippen LogP) is -2.52. The number of guanidine groups is 1. The maximum absolute atomic E-state index is 10.0. The minimum absolute atomic E-state index is 0.201. The second-order valence-corrected chi connectivity index (χ2v) is 3.01. The highest BCUT2D eigenvalue weighted by Gasteiger charge is 2.08. The molecule has 0 heterocycles. The summed E-state index contributed by atoms with van der Waals surface area (Å²) >= 11 is 0. The smallest absolute Gasteiger partial charge is 0.325 e. The van der Waals surface area contributed by atoms with E-state index in [2.05, 4.69) is 4.99 Å². The van der Waals surface area contributed by atoms with E-state index in [0.29, 0.717) is 19.4 Å². The zero-order valence-corrected chi connectivity index (χ0v) is 9.37. The summed E-state index contributed by atoms with van der Waals surface area (Å²) in [4.78, 5) is 22.9. The van der Waals surface area contributed by atoms with Gasteiger partial charge >= 0.3 is 11.9 Å². The fourth-order valence-electron chi connectivity index (χ4n) is 0.620. The fraction of sp³-hybridized carbons (Fsp3) is 0.625. The van der Waals surface area contributed by atoms with Crippen molar-refractivity contribution in [2.75, 3.05) is 13.1 Å². The van der Waals surface area contributed by atoms with E-state index >= 15 is 0 Å². The zero-order chi connectivity index (χ0) is 13.8. The van der Waals surface area contributed by atoms with Gasteiger partial charge in [-0.05, 0) is 19.4 Å². The third kappa shape index (κ3) is 16.8. The standard InChI is InChI=1S/C5H12N2O2.C3H7N3O2/c6-3-1-2-4(7)5(8)9;4-3(5)6-1-2(7)8/h4H,1-3,6-7H2,(H,8,9);1H2,(H,7,8)(H4,4,5,6)/t4-;/m0./s1. The second-order valence-electron chi connectivity index (χ2n) is 3.01. The molecule has 17 heavy (non-hydrogen) atoms. The summed E-state index contributed by atoms with van der Waals surface area (Å²) < 4.78 is 0. The Morgan fingerprint density at radius 1 is 1.24 bits per heavy atom. The Bertz CT molecular complexity index is 265. The van der Waals surface area contributed by atoms with Gasteiger partial charge in [0.25, 0.3) is 0 Å². The lowest BCUT2D eigenvalue weighted by Gasteiger charge is -2.02. The lowest BCUT2D eigenvalue weighted by molar-refractivity contribution is -0.138. The molecule has 10 N–H and O–H groups in total. The van der Waals surface area contributed by atoms with E-state index in [9.17, 15) is 9.59 Å². The molecular weight excluding hydrogens is 230 g/mol. The van der Waals surface area contributed by atoms with Crippen LogP contribution in [-0.2, 0) is 9.59 Å². The summed E-state index contributed by atoms with van der Waals surface area (Å²) in [5, 5.41) is 16.2. The molecule has 0 saturated heterocycles. The highest BCUT2D eigenvalue weighted by atomic mass is 16.4. The molecule has 9 heteroatoms. The van der Waals surface area contributed by atoms with Crippen LogP contribution in [0, 0.1) is 0 Å². The first-order chi connectivity index (χ1) is 7.81. The third-order valence-corrected chi connectivity index (χ3v) is 1.43. The largest absolute Gasteiger partial charge is 0.480 e. The van der Waals surface area contributed by atoms with Crippen LogP contribution in [0.2, 0.25) is 0 Å². The van der Waals surface area contributed by atoms with Crippen molar-refractivity contribution < 1.29 is 19.8 Å². The summed E-state index contributed by atoms with van der Waals surface area (Å²) in [6.07, 6.45) is 1.14. The number of carboxylic acid groups (broad SMARTS) is 2. The Kier molecular flexibility index (Phi) is 11.0. The molecule has 0 unspecified atom stereocenters. The number of nitrogens with zero attached hydrogens (tertiary/aromatic N) is 1. The molecule has 0 bridgehead atoms. The molecule has 0 spiro atoms. The van der Waals surface area contributed by atoms with Crippen LogP contribution in [0.4, 0.5) is 0 Å². The third-order valence-electron chi connectivity index (χ3n) is 1.43. The highest BCUT2D eigenvalue weighted by Crippen LogP contribution is 1.91. The normalized spacial score (nSPS) is 10.7. The highest BCUT2D eigenvalue weighted by molar-refractivity contribution is 5.79. The molecule has 0 aliphatic rings. The average molecular weight is 249 g/mol. The van der Waals surface area contributed by atoms with Gasteiger partial charge in [-0.15, -0.1) is 0 Å². The fourth-order valence-corrected chi connectivity index (χ4v) is 0.620. The Labute approximate surface area is 98.5 Å². The molecule has 0 aliphatic carbocycles. The number of hydrogen-bond donors (Lipinski definition) is 6. The van der Waals surface area contributed by atoms with Crippen LogP contribution in [0.1, 0.15) is 12.8 Å². The molecule has 0 saturated carbocycles. The van der Waals surface area contributed by atoms with Crippen molar-refractivity contribution in [1.29, 1.82) is 0 Å². The van der Waals surface area contributed by atoms with Gasteiger partial charge in [0.1, 0.15) is 12.6 Å². The zero-order valence-electron chi connectivity index (χ0n) is 9.37. The molecule has 9 nitrogen and oxygen atoms in total. The SMILES string of the molecule is NC(N)=NCC(=O)O.NCCC[C@H](N)C(=O)O. The van der Waals surface area contributed by atoms with Crippen LogP contribution < -0.4 is 22.9 Å². The van der Waals surface area contributed by atoms with Crippen molar-refractivity contribution in [1.82, 2.24) is 0 Å². The number of nitrogens with two attached hydrogens (primary N) is 4. The summed E-state index contributed by atoms with van der Waals surface area (Å²) in [5.41, 5.74) is 19.9. The lowest BCUT2D eigenvalue weighted by Crippen LogP contribution is -2.30. The van der Waals surface area contributed by atoms with Crippen LogP contribution in [0.3, 0.4) is 0 Å². The molecule has 0 aromatic rings. The summed E-state index contributed by atoms with van der Waals surface area (Å²) in [5.74, 6) is -2.20. The van der Waals surface area contributed by atoms with Crippen molar-refractivity contribution in [3.05, 3.63) is 0 Å². The summed E-state index contributed by atoms with van der Waals surface area (Å²) in [7, 11) is 0. The van der Waals surface area contributed by atoms with Gasteiger partial charge in [0.05, 0.1) is 0 Å². The van der Waals surface area contributed by atoms with Crippen molar-refractivity contribution >= 4 is 17.9 Å². The van der Waals surface area contributed by atoms with Gasteiger partial charge in [0.2, 0.25) is 0 Å². The lowest BCUT2D eigenvalue weighted by atomic mass is 10.2. The van der Waals surface area contributed by atoms with E-state index in [1.54, 1.807) is 0 Å². The molecule has 0 aliphatic heterocycles. The van der Waals surface area contributed by atoms with Crippen LogP contribution in [0.25, 0.3) is 0 Å². The van der Waals surface area contributed by atoms with Gasteiger partial charge in [0.15, 0.2) is 5.96 Å². The molecule has 0 radical (unpaired) electrons. The molecule has 100 valence electrons. The number of rotatable bonds is 6. The number of carbonyl (C=O) groups is 2. The van der Waals surface area contributed by atoms with Crippen LogP contribution >= 0.6 is 0 Å². The van der Waals surface area contributed by atoms with Gasteiger partial charge in [-0.1, -0.05) is 0 Å². The van der Waals surface area contributed by atoms with Crippen molar-refractivity contribution in [2.45, 2.75) is 18.9 Å². The maximum Gasteiger partial charge on any atom is 0.325 e. The van der Waals surface area contributed by atoms with Crippen molar-refractivity contribution in [3.63, 3.8) is 0 Å². The quantitative estimate of drug-likeness (QED) is 0.219. The van der Waals surface area contributed by atoms with Gasteiger partial charge in [0, 0.05) is 0 Å². The van der Waals surface area contributed by atoms with Crippen molar-refractivity contribution in [2.24, 2.45) is 27.9 Å². The van der Waals surface area contributed by atoms with Gasteiger partial charge in [-0.3, -0.25) is 9.59 Å². The van der Waals surface area contributed by atoms with E-state index in [1.165, 1.54) is 0 Å². The average Bonchev–Trinajstić information content (AvgIpc) is 2.23. The van der Waals surface area contributed by atoms with E-state index in [4.69, 9.17) is 33.1 Å². The van der Waals surface area contributed by atoms with Crippen LogP contribution in [0.15, 0.2) is 4.99 Å². The first-order valence-electron chi connectivity index (χ1n) is 4.76. The van der Waals surface area contributed by atoms with Gasteiger partial charge in [-0.2, -0.15) is 0 Å². The minimum Gasteiger partial charge on any atom is -0.480 e. The molecule has 0 aromatic heterocycles. The summed E-state index contributed by atoms with van der Waals surface area (Å²) in [6.45, 7) is 0.142. The Balaban J connectivity index is 0. The topological polar surface area (TPSA) is 191 Å². The predicted molar refractivity (Wildman–Crippen MR) is 62.2 cm³/mol. The molecular formula is C8H19N5O4. The maximum atomic E-state index is 10.0. The number of carboxylic acids is 2. The molecule has 1 atom stereocenters. The number of aliphatic imine (C=N–C) groups is 1. The Morgan fingerprint density at radius 2 is 1.76 bits per heavy atom. The summed E-state index contributed by atoms with van der Waals surface area (Å²) in [6, 6.07) is -0.742. The van der Waals surface area contributed by atoms with Crippen LogP contribution in [0.5, 0.6) is 0 Å².